The van der Waals surface area contributed by atoms with Gasteiger partial charge in [-0.3, -0.25) is 37.3 Å². The van der Waals surface area contributed by atoms with Gasteiger partial charge in [0.25, 0.3) is 0 Å². The molecule has 0 saturated heterocycles. The predicted octanol–water partition coefficient (Wildman–Crippen LogP) is 18.3. The number of carbonyl (C=O) groups excluding carboxylic acids is 4. The van der Waals surface area contributed by atoms with Crippen LogP contribution in [-0.4, -0.2) is 96.7 Å². The Bertz CT molecular complexity index is 1680. The molecular formula is C66H128O17P2. The maximum absolute atomic E-state index is 13.0. The third-order valence-corrected chi connectivity index (χ3v) is 17.4. The highest BCUT2D eigenvalue weighted by molar-refractivity contribution is 7.47. The largest absolute Gasteiger partial charge is 0.472 e. The molecule has 3 unspecified atom stereocenters. The summed E-state index contributed by atoms with van der Waals surface area (Å²) in [6, 6.07) is 0. The van der Waals surface area contributed by atoms with Crippen LogP contribution >= 0.6 is 15.6 Å². The zero-order chi connectivity index (χ0) is 63.1. The summed E-state index contributed by atoms with van der Waals surface area (Å²) in [5.74, 6) is 0.0597. The maximum Gasteiger partial charge on any atom is 0.472 e. The zero-order valence-corrected chi connectivity index (χ0v) is 56.9. The van der Waals surface area contributed by atoms with Crippen LogP contribution in [0, 0.1) is 17.8 Å². The number of aliphatic hydroxyl groups excluding tert-OH is 1. The van der Waals surface area contributed by atoms with E-state index in [1.165, 1.54) is 128 Å². The molecular weight excluding hydrogens is 1130 g/mol. The molecule has 0 aromatic heterocycles. The lowest BCUT2D eigenvalue weighted by atomic mass is 9.99. The smallest absolute Gasteiger partial charge is 0.462 e. The molecule has 0 spiro atoms. The molecule has 6 atom stereocenters. The Hall–Kier alpha value is -1.94. The number of rotatable bonds is 64. The molecule has 0 fully saturated rings. The van der Waals surface area contributed by atoms with Crippen LogP contribution in [0.5, 0.6) is 0 Å². The second-order valence-electron chi connectivity index (χ2n) is 25.1. The lowest BCUT2D eigenvalue weighted by molar-refractivity contribution is -0.161. The monoisotopic (exact) mass is 1250 g/mol. The normalized spacial score (nSPS) is 14.6. The number of phosphoric acid groups is 2. The SMILES string of the molecule is CCCCCCCCCCCCCCC(=O)O[C@H](COC(=O)CCCCCCCCC(C)C)COP(=O)(O)OC[C@H](O)COP(=O)(O)OC[C@@H](COC(=O)CCCCCCCCCCC(C)CC)OC(=O)CCCCCCCCCCCC(C)C. The van der Waals surface area contributed by atoms with E-state index in [0.29, 0.717) is 31.6 Å². The number of carbonyl (C=O) groups is 4. The van der Waals surface area contributed by atoms with Crippen molar-refractivity contribution in [3.8, 4) is 0 Å². The van der Waals surface area contributed by atoms with Crippen molar-refractivity contribution in [2.45, 2.75) is 343 Å². The summed E-state index contributed by atoms with van der Waals surface area (Å²) in [6.07, 6.45) is 39.0. The summed E-state index contributed by atoms with van der Waals surface area (Å²) in [7, 11) is -9.89. The topological polar surface area (TPSA) is 237 Å². The average Bonchev–Trinajstić information content (AvgIpc) is 3.55. The Kier molecular flexibility index (Phi) is 55.9. The van der Waals surface area contributed by atoms with E-state index < -0.39 is 97.5 Å². The first-order valence-electron chi connectivity index (χ1n) is 34.4. The van der Waals surface area contributed by atoms with Gasteiger partial charge in [0, 0.05) is 25.7 Å². The Morgan fingerprint density at radius 2 is 0.600 bits per heavy atom. The fourth-order valence-corrected chi connectivity index (χ4v) is 11.4. The highest BCUT2D eigenvalue weighted by atomic mass is 31.2. The van der Waals surface area contributed by atoms with Gasteiger partial charge < -0.3 is 33.8 Å². The van der Waals surface area contributed by atoms with Crippen molar-refractivity contribution in [2.24, 2.45) is 17.8 Å². The minimum Gasteiger partial charge on any atom is -0.462 e. The molecule has 19 heteroatoms. The molecule has 0 heterocycles. The van der Waals surface area contributed by atoms with Crippen LogP contribution in [0.1, 0.15) is 325 Å². The third kappa shape index (κ3) is 59.5. The van der Waals surface area contributed by atoms with Gasteiger partial charge in [-0.05, 0) is 43.4 Å². The van der Waals surface area contributed by atoms with Crippen LogP contribution in [0.3, 0.4) is 0 Å². The lowest BCUT2D eigenvalue weighted by Crippen LogP contribution is -2.30. The third-order valence-electron chi connectivity index (χ3n) is 15.5. The van der Waals surface area contributed by atoms with Gasteiger partial charge >= 0.3 is 39.5 Å². The van der Waals surface area contributed by atoms with E-state index in [2.05, 4.69) is 48.5 Å². The molecule has 3 N–H and O–H groups in total. The first-order valence-corrected chi connectivity index (χ1v) is 37.4. The van der Waals surface area contributed by atoms with Crippen LogP contribution in [0.15, 0.2) is 0 Å². The fourth-order valence-electron chi connectivity index (χ4n) is 9.80. The molecule has 0 aromatic carbocycles. The Balaban J connectivity index is 5.26. The van der Waals surface area contributed by atoms with E-state index in [1.807, 2.05) is 0 Å². The number of unbranched alkanes of at least 4 members (excludes halogenated alkanes) is 31. The molecule has 0 aliphatic rings. The first-order chi connectivity index (χ1) is 40.8. The van der Waals surface area contributed by atoms with Crippen molar-refractivity contribution >= 4 is 39.5 Å². The minimum absolute atomic E-state index is 0.104. The average molecular weight is 1260 g/mol. The van der Waals surface area contributed by atoms with Crippen LogP contribution in [0.25, 0.3) is 0 Å². The predicted molar refractivity (Wildman–Crippen MR) is 340 cm³/mol. The minimum atomic E-state index is -4.95. The highest BCUT2D eigenvalue weighted by Crippen LogP contribution is 2.45. The lowest BCUT2D eigenvalue weighted by Gasteiger charge is -2.21. The van der Waals surface area contributed by atoms with Gasteiger partial charge in [0.2, 0.25) is 0 Å². The number of aliphatic hydroxyl groups is 1. The number of esters is 4. The van der Waals surface area contributed by atoms with Crippen molar-refractivity contribution in [2.75, 3.05) is 39.6 Å². The second kappa shape index (κ2) is 57.2. The molecule has 0 bridgehead atoms. The highest BCUT2D eigenvalue weighted by Gasteiger charge is 2.30. The molecule has 17 nitrogen and oxygen atoms in total. The second-order valence-corrected chi connectivity index (χ2v) is 28.0. The van der Waals surface area contributed by atoms with Gasteiger partial charge in [0.15, 0.2) is 12.2 Å². The summed E-state index contributed by atoms with van der Waals surface area (Å²) >= 11 is 0. The first kappa shape index (κ1) is 83.1. The van der Waals surface area contributed by atoms with Gasteiger partial charge in [-0.25, -0.2) is 9.13 Å². The van der Waals surface area contributed by atoms with E-state index in [-0.39, 0.29) is 25.7 Å². The molecule has 0 aromatic rings. The van der Waals surface area contributed by atoms with Crippen LogP contribution in [0.4, 0.5) is 0 Å². The van der Waals surface area contributed by atoms with Gasteiger partial charge in [0.1, 0.15) is 19.3 Å². The zero-order valence-electron chi connectivity index (χ0n) is 55.1. The number of ether oxygens (including phenoxy) is 4. The van der Waals surface area contributed by atoms with E-state index in [9.17, 15) is 43.2 Å². The van der Waals surface area contributed by atoms with Crippen molar-refractivity contribution in [3.05, 3.63) is 0 Å². The maximum atomic E-state index is 13.0. The van der Waals surface area contributed by atoms with E-state index >= 15 is 0 Å². The summed E-state index contributed by atoms with van der Waals surface area (Å²) in [5.41, 5.74) is 0. The molecule has 0 aliphatic heterocycles. The van der Waals surface area contributed by atoms with Crippen LogP contribution in [0.2, 0.25) is 0 Å². The van der Waals surface area contributed by atoms with Gasteiger partial charge in [-0.1, -0.05) is 273 Å². The van der Waals surface area contributed by atoms with Gasteiger partial charge in [0.05, 0.1) is 26.4 Å². The molecule has 0 amide bonds. The van der Waals surface area contributed by atoms with Gasteiger partial charge in [-0.15, -0.1) is 0 Å². The van der Waals surface area contributed by atoms with Crippen molar-refractivity contribution in [1.82, 2.24) is 0 Å². The molecule has 0 saturated carbocycles. The number of hydrogen-bond acceptors (Lipinski definition) is 15. The quantitative estimate of drug-likeness (QED) is 0.0222. The van der Waals surface area contributed by atoms with E-state index in [0.717, 1.165) is 108 Å². The van der Waals surface area contributed by atoms with Crippen LogP contribution in [-0.2, 0) is 65.4 Å². The summed E-state index contributed by atoms with van der Waals surface area (Å²) in [4.78, 5) is 72.3. The van der Waals surface area contributed by atoms with Crippen molar-refractivity contribution in [3.63, 3.8) is 0 Å². The fraction of sp³-hybridized carbons (Fsp3) is 0.939. The summed E-state index contributed by atoms with van der Waals surface area (Å²) < 4.78 is 68.1. The number of hydrogen-bond donors (Lipinski definition) is 3. The molecule has 0 aliphatic carbocycles. The number of phosphoric ester groups is 2. The molecule has 504 valence electrons. The Morgan fingerprint density at radius 3 is 0.894 bits per heavy atom. The molecule has 85 heavy (non-hydrogen) atoms. The van der Waals surface area contributed by atoms with Gasteiger partial charge in [-0.2, -0.15) is 0 Å². The van der Waals surface area contributed by atoms with Crippen LogP contribution < -0.4 is 0 Å². The summed E-state index contributed by atoms with van der Waals surface area (Å²) in [5, 5.41) is 10.6. The van der Waals surface area contributed by atoms with Crippen molar-refractivity contribution < 1.29 is 80.2 Å². The Morgan fingerprint density at radius 1 is 0.341 bits per heavy atom. The Labute approximate surface area is 517 Å². The summed E-state index contributed by atoms with van der Waals surface area (Å²) in [6.45, 7) is 11.7. The standard InChI is InChI=1S/C66H128O17P2/c1-8-10-11-12-13-14-15-16-19-26-35-42-49-65(70)83-62(54-77-64(69)48-41-34-29-28-31-38-45-58(5)6)56-81-85(74,75)79-52-60(67)51-78-84(72,73)80-55-61(82-66(71)50-43-36-27-20-17-18-23-30-37-44-57(3)4)53-76-63(68)47-40-33-25-22-21-24-32-39-46-59(7)9-2/h57-62,67H,8-56H2,1-7H3,(H,72,73)(H,74,75)/t59?,60-,61-,62-/m1/s1. The van der Waals surface area contributed by atoms with Crippen molar-refractivity contribution in [1.29, 1.82) is 0 Å². The van der Waals surface area contributed by atoms with E-state index in [4.69, 9.17) is 37.0 Å². The molecule has 0 rings (SSSR count). The van der Waals surface area contributed by atoms with E-state index in [1.54, 1.807) is 0 Å². The molecule has 0 radical (unpaired) electrons.